The maximum atomic E-state index is 13.7. The Bertz CT molecular complexity index is 1450. The third-order valence-corrected chi connectivity index (χ3v) is 8.60. The van der Waals surface area contributed by atoms with E-state index in [2.05, 4.69) is 18.3 Å². The van der Waals surface area contributed by atoms with Gasteiger partial charge in [0.25, 0.3) is 5.56 Å². The highest BCUT2D eigenvalue weighted by Gasteiger charge is 2.25. The number of amides is 1. The molecule has 3 heterocycles. The van der Waals surface area contributed by atoms with E-state index in [9.17, 15) is 9.59 Å². The van der Waals surface area contributed by atoms with E-state index >= 15 is 0 Å². The summed E-state index contributed by atoms with van der Waals surface area (Å²) in [6, 6.07) is 13.2. The maximum absolute atomic E-state index is 13.7. The first kappa shape index (κ1) is 21.9. The molecule has 0 saturated heterocycles. The summed E-state index contributed by atoms with van der Waals surface area (Å²) in [5, 5.41) is 15.5. The van der Waals surface area contributed by atoms with Gasteiger partial charge in [0.2, 0.25) is 5.91 Å². The Hall–Kier alpha value is -2.93. The van der Waals surface area contributed by atoms with Crippen molar-refractivity contribution in [2.45, 2.75) is 31.3 Å². The Kier molecular flexibility index (Phi) is 6.06. The number of benzene rings is 1. The molecular formula is C24H20N4O2S3. The molecule has 0 saturated carbocycles. The molecule has 0 bridgehead atoms. The van der Waals surface area contributed by atoms with Crippen molar-refractivity contribution >= 4 is 55.6 Å². The van der Waals surface area contributed by atoms with Crippen LogP contribution >= 0.6 is 34.4 Å². The van der Waals surface area contributed by atoms with Crippen LogP contribution in [0.2, 0.25) is 0 Å². The number of nitrogens with one attached hydrogen (secondary N) is 1. The van der Waals surface area contributed by atoms with Crippen molar-refractivity contribution < 1.29 is 4.79 Å². The summed E-state index contributed by atoms with van der Waals surface area (Å²) in [4.78, 5) is 33.2. The van der Waals surface area contributed by atoms with E-state index in [0.29, 0.717) is 21.6 Å². The van der Waals surface area contributed by atoms with Crippen LogP contribution in [0.4, 0.5) is 5.00 Å². The molecule has 1 atom stereocenters. The minimum atomic E-state index is -0.243. The number of nitrogens with zero attached hydrogens (tertiary/aromatic N) is 3. The number of anilines is 1. The molecule has 1 aliphatic carbocycles. The Morgan fingerprint density at radius 2 is 2.15 bits per heavy atom. The smallest absolute Gasteiger partial charge is 0.267 e. The number of thioether (sulfide) groups is 1. The molecule has 0 aliphatic heterocycles. The van der Waals surface area contributed by atoms with Gasteiger partial charge in [0.05, 0.1) is 22.4 Å². The summed E-state index contributed by atoms with van der Waals surface area (Å²) in [7, 11) is 0. The van der Waals surface area contributed by atoms with Gasteiger partial charge in [-0.1, -0.05) is 36.9 Å². The fourth-order valence-corrected chi connectivity index (χ4v) is 7.05. The largest absolute Gasteiger partial charge is 0.316 e. The molecule has 4 aromatic rings. The van der Waals surface area contributed by atoms with Crippen molar-refractivity contribution in [1.29, 1.82) is 5.26 Å². The second kappa shape index (κ2) is 9.14. The van der Waals surface area contributed by atoms with Crippen molar-refractivity contribution in [3.8, 4) is 11.8 Å². The molecule has 0 radical (unpaired) electrons. The number of para-hydroxylation sites is 1. The monoisotopic (exact) mass is 492 g/mol. The van der Waals surface area contributed by atoms with Gasteiger partial charge in [0, 0.05) is 4.88 Å². The van der Waals surface area contributed by atoms with Gasteiger partial charge in [-0.2, -0.15) is 5.26 Å². The first-order valence-corrected chi connectivity index (χ1v) is 13.3. The van der Waals surface area contributed by atoms with Crippen LogP contribution in [0.25, 0.3) is 15.9 Å². The van der Waals surface area contributed by atoms with E-state index in [0.717, 1.165) is 40.7 Å². The fourth-order valence-electron chi connectivity index (χ4n) is 4.06. The van der Waals surface area contributed by atoms with Crippen LogP contribution in [0.15, 0.2) is 51.7 Å². The molecule has 1 aliphatic rings. The van der Waals surface area contributed by atoms with Crippen molar-refractivity contribution in [2.24, 2.45) is 5.92 Å². The zero-order valence-corrected chi connectivity index (χ0v) is 20.3. The number of carbonyl (C=O) groups is 1. The van der Waals surface area contributed by atoms with Crippen LogP contribution in [0.5, 0.6) is 0 Å². The second-order valence-electron chi connectivity index (χ2n) is 8.01. The van der Waals surface area contributed by atoms with Crippen molar-refractivity contribution in [1.82, 2.24) is 9.55 Å². The maximum Gasteiger partial charge on any atom is 0.267 e. The van der Waals surface area contributed by atoms with E-state index < -0.39 is 0 Å². The normalized spacial score (nSPS) is 15.2. The van der Waals surface area contributed by atoms with Crippen LogP contribution < -0.4 is 10.9 Å². The molecule has 5 rings (SSSR count). The molecule has 166 valence electrons. The zero-order valence-electron chi connectivity index (χ0n) is 17.8. The first-order valence-electron chi connectivity index (χ1n) is 10.6. The summed E-state index contributed by atoms with van der Waals surface area (Å²) in [6.07, 6.45) is 2.96. The number of aromatic nitrogens is 2. The third-order valence-electron chi connectivity index (χ3n) is 5.68. The zero-order chi connectivity index (χ0) is 22.9. The lowest BCUT2D eigenvalue weighted by atomic mass is 9.89. The molecule has 9 heteroatoms. The summed E-state index contributed by atoms with van der Waals surface area (Å²) < 4.78 is 1.62. The van der Waals surface area contributed by atoms with Crippen LogP contribution in [-0.4, -0.2) is 21.2 Å². The summed E-state index contributed by atoms with van der Waals surface area (Å²) in [5.41, 5.74) is 2.24. The van der Waals surface area contributed by atoms with Gasteiger partial charge >= 0.3 is 0 Å². The van der Waals surface area contributed by atoms with Gasteiger partial charge in [-0.25, -0.2) is 4.98 Å². The molecule has 6 nitrogen and oxygen atoms in total. The molecule has 1 N–H and O–H groups in total. The number of thiophene rings is 2. The van der Waals surface area contributed by atoms with Gasteiger partial charge in [0.15, 0.2) is 5.16 Å². The van der Waals surface area contributed by atoms with E-state index in [-0.39, 0.29) is 17.2 Å². The molecule has 33 heavy (non-hydrogen) atoms. The predicted molar refractivity (Wildman–Crippen MR) is 135 cm³/mol. The van der Waals surface area contributed by atoms with E-state index in [1.165, 1.54) is 28.0 Å². The Morgan fingerprint density at radius 1 is 1.33 bits per heavy atom. The molecule has 0 unspecified atom stereocenters. The number of hydrogen-bond acceptors (Lipinski definition) is 7. The molecule has 1 aromatic carbocycles. The van der Waals surface area contributed by atoms with Crippen molar-refractivity contribution in [3.63, 3.8) is 0 Å². The first-order chi connectivity index (χ1) is 16.0. The average Bonchev–Trinajstić information content (AvgIpc) is 3.41. The Balaban J connectivity index is 1.52. The quantitative estimate of drug-likeness (QED) is 0.304. The highest BCUT2D eigenvalue weighted by Crippen LogP contribution is 2.37. The molecule has 3 aromatic heterocycles. The Labute approximate surface area is 202 Å². The average molecular weight is 493 g/mol. The number of carbonyl (C=O) groups excluding carboxylic acids is 1. The second-order valence-corrected chi connectivity index (χ2v) is 11.0. The fraction of sp³-hybridized carbons (Fsp3) is 0.250. The summed E-state index contributed by atoms with van der Waals surface area (Å²) in [5.74, 6) is 0.442. The molecule has 1 amide bonds. The number of hydrogen-bond donors (Lipinski definition) is 1. The van der Waals surface area contributed by atoms with Gasteiger partial charge in [-0.15, -0.1) is 22.7 Å². The topological polar surface area (TPSA) is 87.8 Å². The van der Waals surface area contributed by atoms with Crippen LogP contribution in [0, 0.1) is 17.2 Å². The number of nitriles is 1. The van der Waals surface area contributed by atoms with Crippen LogP contribution in [-0.2, 0) is 17.6 Å². The highest BCUT2D eigenvalue weighted by molar-refractivity contribution is 7.99. The predicted octanol–water partition coefficient (Wildman–Crippen LogP) is 5.24. The summed E-state index contributed by atoms with van der Waals surface area (Å²) in [6.45, 7) is 2.24. The van der Waals surface area contributed by atoms with Crippen LogP contribution in [0.1, 0.15) is 29.3 Å². The van der Waals surface area contributed by atoms with Gasteiger partial charge in [-0.3, -0.25) is 14.2 Å². The van der Waals surface area contributed by atoms with E-state index in [4.69, 9.17) is 10.2 Å². The van der Waals surface area contributed by atoms with Crippen LogP contribution in [0.3, 0.4) is 0 Å². The van der Waals surface area contributed by atoms with E-state index in [1.54, 1.807) is 27.4 Å². The van der Waals surface area contributed by atoms with Gasteiger partial charge in [0.1, 0.15) is 15.9 Å². The minimum Gasteiger partial charge on any atom is -0.316 e. The lowest BCUT2D eigenvalue weighted by molar-refractivity contribution is -0.113. The van der Waals surface area contributed by atoms with Crippen molar-refractivity contribution in [3.05, 3.63) is 68.1 Å². The SMILES string of the molecule is C[C@H]1CCc2c(sc3nc(SCC(=O)Nc4sccc4C#N)n(-c4ccccc4)c(=O)c23)C1. The highest BCUT2D eigenvalue weighted by atomic mass is 32.2. The standard InChI is InChI=1S/C24H20N4O2S3/c1-14-7-8-17-18(11-14)33-22-20(17)23(30)28(16-5-3-2-4-6-16)24(27-22)32-13-19(29)26-21-15(12-25)9-10-31-21/h2-6,9-10,14H,7-8,11,13H2,1H3,(H,26,29)/t14-/m0/s1. The minimum absolute atomic E-state index is 0.0776. The lowest BCUT2D eigenvalue weighted by Crippen LogP contribution is -2.23. The molecular weight excluding hydrogens is 472 g/mol. The number of rotatable bonds is 5. The van der Waals surface area contributed by atoms with Crippen molar-refractivity contribution in [2.75, 3.05) is 11.1 Å². The van der Waals surface area contributed by atoms with Gasteiger partial charge in [-0.05, 0) is 54.3 Å². The summed E-state index contributed by atoms with van der Waals surface area (Å²) >= 11 is 4.15. The lowest BCUT2D eigenvalue weighted by Gasteiger charge is -2.17. The molecule has 0 fully saturated rings. The number of aryl methyl sites for hydroxylation is 1. The Morgan fingerprint density at radius 3 is 2.94 bits per heavy atom. The van der Waals surface area contributed by atoms with E-state index in [1.807, 2.05) is 30.3 Å². The molecule has 0 spiro atoms. The number of fused-ring (bicyclic) bond motifs is 3. The third kappa shape index (κ3) is 4.22. The van der Waals surface area contributed by atoms with Gasteiger partial charge < -0.3 is 5.32 Å².